The van der Waals surface area contributed by atoms with E-state index in [-0.39, 0.29) is 4.90 Å². The molecule has 0 fully saturated rings. The molecule has 21 heavy (non-hydrogen) atoms. The second-order valence-electron chi connectivity index (χ2n) is 4.53. The van der Waals surface area contributed by atoms with Gasteiger partial charge in [-0.25, -0.2) is 17.2 Å². The molecule has 6 heteroatoms. The standard InChI is InChI=1S/C15H12F2NO2S/c1-10-3-6-12(7-4-10)21(19,20)15(18-2)13-9-11(16)5-8-14(13)17/h2-9,15H,1H3/q+1. The monoisotopic (exact) mass is 308 g/mol. The summed E-state index contributed by atoms with van der Waals surface area (Å²) in [7, 11) is -4.06. The Labute approximate surface area is 121 Å². The van der Waals surface area contributed by atoms with Crippen molar-refractivity contribution in [3.05, 3.63) is 70.1 Å². The van der Waals surface area contributed by atoms with E-state index in [9.17, 15) is 17.2 Å². The summed E-state index contributed by atoms with van der Waals surface area (Å²) in [6, 6.07) is 8.46. The molecule has 0 aliphatic carbocycles. The molecular formula is C15H12F2NO2S+. The van der Waals surface area contributed by atoms with Crippen LogP contribution in [0.1, 0.15) is 16.5 Å². The van der Waals surface area contributed by atoms with Crippen LogP contribution in [0.15, 0.2) is 47.4 Å². The minimum atomic E-state index is -4.06. The highest BCUT2D eigenvalue weighted by molar-refractivity contribution is 7.91. The molecule has 0 saturated carbocycles. The molecular weight excluding hydrogens is 296 g/mol. The molecule has 0 aromatic heterocycles. The Hall–Kier alpha value is -2.26. The van der Waals surface area contributed by atoms with E-state index in [4.69, 9.17) is 6.57 Å². The Kier molecular flexibility index (Phi) is 4.05. The van der Waals surface area contributed by atoms with Gasteiger partial charge in [-0.3, -0.25) is 0 Å². The predicted octanol–water partition coefficient (Wildman–Crippen LogP) is 3.71. The van der Waals surface area contributed by atoms with Gasteiger partial charge < -0.3 is 0 Å². The summed E-state index contributed by atoms with van der Waals surface area (Å²) in [5.41, 5.74) is 0.449. The molecule has 2 aromatic rings. The largest absolute Gasteiger partial charge is 0.400 e. The van der Waals surface area contributed by atoms with Crippen LogP contribution in [0.5, 0.6) is 0 Å². The molecule has 0 aliphatic rings. The summed E-state index contributed by atoms with van der Waals surface area (Å²) in [5, 5.41) is -1.70. The second kappa shape index (κ2) is 5.62. The lowest BCUT2D eigenvalue weighted by molar-refractivity contribution is 0.571. The third-order valence-corrected chi connectivity index (χ3v) is 4.90. The van der Waals surface area contributed by atoms with Crippen LogP contribution in [-0.4, -0.2) is 8.42 Å². The maximum absolute atomic E-state index is 13.8. The van der Waals surface area contributed by atoms with Gasteiger partial charge in [-0.2, -0.15) is 0 Å². The number of aryl methyl sites for hydroxylation is 1. The van der Waals surface area contributed by atoms with Gasteiger partial charge in [0.15, 0.2) is 0 Å². The Morgan fingerprint density at radius 1 is 1.10 bits per heavy atom. The van der Waals surface area contributed by atoms with Crippen molar-refractivity contribution in [1.29, 1.82) is 0 Å². The van der Waals surface area contributed by atoms with E-state index in [1.165, 1.54) is 12.1 Å². The fourth-order valence-corrected chi connectivity index (χ4v) is 3.34. The Morgan fingerprint density at radius 2 is 1.71 bits per heavy atom. The smallest absolute Gasteiger partial charge is 0.215 e. The summed E-state index contributed by atoms with van der Waals surface area (Å²) in [5.74, 6) is -1.65. The first-order valence-corrected chi connectivity index (χ1v) is 7.56. The van der Waals surface area contributed by atoms with Crippen molar-refractivity contribution in [2.45, 2.75) is 17.2 Å². The highest BCUT2D eigenvalue weighted by Gasteiger charge is 2.39. The first kappa shape index (κ1) is 15.1. The third kappa shape index (κ3) is 2.93. The fraction of sp³-hybridized carbons (Fsp3) is 0.133. The van der Waals surface area contributed by atoms with E-state index in [0.717, 1.165) is 23.8 Å². The van der Waals surface area contributed by atoms with E-state index in [2.05, 4.69) is 4.85 Å². The van der Waals surface area contributed by atoms with Gasteiger partial charge in [-0.15, -0.1) is 0 Å². The van der Waals surface area contributed by atoms with Crippen molar-refractivity contribution in [3.8, 4) is 6.57 Å². The van der Waals surface area contributed by atoms with Crippen LogP contribution in [0.2, 0.25) is 0 Å². The average molecular weight is 308 g/mol. The number of hydrogen-bond acceptors (Lipinski definition) is 2. The van der Waals surface area contributed by atoms with Gasteiger partial charge in [0, 0.05) is 0 Å². The molecule has 0 amide bonds. The van der Waals surface area contributed by atoms with Gasteiger partial charge in [0.05, 0.1) is 10.5 Å². The van der Waals surface area contributed by atoms with Crippen LogP contribution in [0.25, 0.3) is 4.85 Å². The lowest BCUT2D eigenvalue weighted by Crippen LogP contribution is -2.12. The summed E-state index contributed by atoms with van der Waals surface area (Å²) in [6.07, 6.45) is 0. The van der Waals surface area contributed by atoms with E-state index >= 15 is 0 Å². The minimum Gasteiger partial charge on any atom is -0.215 e. The first-order chi connectivity index (χ1) is 9.86. The highest BCUT2D eigenvalue weighted by atomic mass is 32.2. The molecule has 1 atom stereocenters. The molecule has 2 aromatic carbocycles. The molecule has 0 heterocycles. The minimum absolute atomic E-state index is 0.0593. The Morgan fingerprint density at radius 3 is 2.29 bits per heavy atom. The van der Waals surface area contributed by atoms with Gasteiger partial charge in [0.25, 0.3) is 16.4 Å². The third-order valence-electron chi connectivity index (χ3n) is 3.00. The number of halogens is 2. The van der Waals surface area contributed by atoms with Gasteiger partial charge >= 0.3 is 5.37 Å². The lowest BCUT2D eigenvalue weighted by Gasteiger charge is -2.07. The summed E-state index contributed by atoms with van der Waals surface area (Å²) >= 11 is 0. The number of hydrogen-bond donors (Lipinski definition) is 0. The molecule has 0 radical (unpaired) electrons. The summed E-state index contributed by atoms with van der Waals surface area (Å²) < 4.78 is 52.0. The average Bonchev–Trinajstić information content (AvgIpc) is 2.43. The van der Waals surface area contributed by atoms with Crippen molar-refractivity contribution < 1.29 is 17.2 Å². The molecule has 0 spiro atoms. The zero-order valence-electron chi connectivity index (χ0n) is 11.1. The highest BCUT2D eigenvalue weighted by Crippen LogP contribution is 2.32. The van der Waals surface area contributed by atoms with Crippen LogP contribution >= 0.6 is 0 Å². The zero-order valence-corrected chi connectivity index (χ0v) is 11.9. The zero-order chi connectivity index (χ0) is 15.6. The van der Waals surface area contributed by atoms with Crippen molar-refractivity contribution in [3.63, 3.8) is 0 Å². The molecule has 3 nitrogen and oxygen atoms in total. The lowest BCUT2D eigenvalue weighted by atomic mass is 10.2. The van der Waals surface area contributed by atoms with Gasteiger partial charge in [0.1, 0.15) is 11.6 Å². The van der Waals surface area contributed by atoms with Crippen molar-refractivity contribution >= 4 is 9.84 Å². The summed E-state index contributed by atoms with van der Waals surface area (Å²) in [4.78, 5) is 3.18. The molecule has 2 rings (SSSR count). The predicted molar refractivity (Wildman–Crippen MR) is 75.8 cm³/mol. The molecule has 0 N–H and O–H groups in total. The van der Waals surface area contributed by atoms with Crippen molar-refractivity contribution in [1.82, 2.24) is 0 Å². The van der Waals surface area contributed by atoms with E-state index in [1.54, 1.807) is 19.1 Å². The van der Waals surface area contributed by atoms with Gasteiger partial charge in [-0.1, -0.05) is 22.5 Å². The topological polar surface area (TPSA) is 38.5 Å². The summed E-state index contributed by atoms with van der Waals surface area (Å²) in [6.45, 7) is 6.93. The molecule has 1 unspecified atom stereocenters. The number of sulfone groups is 1. The molecule has 0 saturated heterocycles. The second-order valence-corrected chi connectivity index (χ2v) is 6.53. The molecule has 108 valence electrons. The van der Waals surface area contributed by atoms with E-state index in [1.807, 2.05) is 0 Å². The number of nitrogens with zero attached hydrogens (tertiary/aromatic N) is 1. The van der Waals surface area contributed by atoms with Gasteiger partial charge in [0.2, 0.25) is 0 Å². The molecule has 0 aliphatic heterocycles. The number of rotatable bonds is 3. The quantitative estimate of drug-likeness (QED) is 0.867. The van der Waals surface area contributed by atoms with E-state index in [0.29, 0.717) is 0 Å². The normalized spacial score (nSPS) is 12.7. The maximum Gasteiger partial charge on any atom is 0.400 e. The number of benzene rings is 2. The van der Waals surface area contributed by atoms with Crippen LogP contribution in [0, 0.1) is 25.1 Å². The molecule has 0 bridgehead atoms. The van der Waals surface area contributed by atoms with Crippen LogP contribution in [-0.2, 0) is 9.84 Å². The van der Waals surface area contributed by atoms with Gasteiger partial charge in [-0.05, 0) is 37.3 Å². The van der Waals surface area contributed by atoms with Crippen molar-refractivity contribution in [2.24, 2.45) is 0 Å². The van der Waals surface area contributed by atoms with Crippen LogP contribution in [0.4, 0.5) is 8.78 Å². The Bertz CT molecular complexity index is 809. The van der Waals surface area contributed by atoms with Crippen molar-refractivity contribution in [2.75, 3.05) is 0 Å². The first-order valence-electron chi connectivity index (χ1n) is 6.02. The van der Waals surface area contributed by atoms with E-state index < -0.39 is 32.4 Å². The Balaban J connectivity index is 2.58. The SMILES string of the molecule is C#[N+]C(c1cc(F)ccc1F)S(=O)(=O)c1ccc(C)cc1. The fourth-order valence-electron chi connectivity index (χ4n) is 1.89. The van der Waals surface area contributed by atoms with Crippen LogP contribution < -0.4 is 0 Å². The maximum atomic E-state index is 13.8. The van der Waals surface area contributed by atoms with Crippen LogP contribution in [0.3, 0.4) is 0 Å².